The Balaban J connectivity index is 2.62. The van der Waals surface area contributed by atoms with Gasteiger partial charge < -0.3 is 4.57 Å². The van der Waals surface area contributed by atoms with Crippen LogP contribution in [-0.2, 0) is 6.54 Å². The number of hydrogen-bond donors (Lipinski definition) is 0. The van der Waals surface area contributed by atoms with Crippen LogP contribution in [0.25, 0.3) is 0 Å². The summed E-state index contributed by atoms with van der Waals surface area (Å²) >= 11 is 0. The van der Waals surface area contributed by atoms with Crippen molar-refractivity contribution < 1.29 is 0 Å². The van der Waals surface area contributed by atoms with E-state index in [1.54, 1.807) is 12.5 Å². The Morgan fingerprint density at radius 1 is 1.73 bits per heavy atom. The average Bonchev–Trinajstić information content (AvgIpc) is 2.52. The molecule has 0 unspecified atom stereocenters. The van der Waals surface area contributed by atoms with E-state index in [1.807, 2.05) is 29.8 Å². The van der Waals surface area contributed by atoms with E-state index in [0.717, 1.165) is 6.54 Å². The van der Waals surface area contributed by atoms with Crippen molar-refractivity contribution in [3.63, 3.8) is 0 Å². The SMILES string of the molecule is C=C/C(=C\C)Cn1ccnc1. The molecule has 0 aliphatic heterocycles. The van der Waals surface area contributed by atoms with E-state index in [0.29, 0.717) is 0 Å². The second-order valence-electron chi connectivity index (χ2n) is 2.30. The lowest BCUT2D eigenvalue weighted by molar-refractivity contribution is 0.795. The first kappa shape index (κ1) is 7.79. The van der Waals surface area contributed by atoms with Gasteiger partial charge in [-0.25, -0.2) is 4.98 Å². The molecule has 0 amide bonds. The minimum atomic E-state index is 0.861. The van der Waals surface area contributed by atoms with Gasteiger partial charge in [0, 0.05) is 18.9 Å². The fourth-order valence-electron chi connectivity index (χ4n) is 0.865. The first-order valence-corrected chi connectivity index (χ1v) is 3.60. The summed E-state index contributed by atoms with van der Waals surface area (Å²) in [4.78, 5) is 3.95. The van der Waals surface area contributed by atoms with Gasteiger partial charge in [-0.3, -0.25) is 0 Å². The predicted molar refractivity (Wildman–Crippen MR) is 46.2 cm³/mol. The number of imidazole rings is 1. The van der Waals surface area contributed by atoms with Gasteiger partial charge in [-0.05, 0) is 12.5 Å². The molecule has 11 heavy (non-hydrogen) atoms. The monoisotopic (exact) mass is 148 g/mol. The van der Waals surface area contributed by atoms with Crippen molar-refractivity contribution in [2.75, 3.05) is 0 Å². The van der Waals surface area contributed by atoms with E-state index < -0.39 is 0 Å². The van der Waals surface area contributed by atoms with Crippen LogP contribution in [0.3, 0.4) is 0 Å². The molecule has 58 valence electrons. The lowest BCUT2D eigenvalue weighted by Crippen LogP contribution is -1.95. The highest BCUT2D eigenvalue weighted by Gasteiger charge is 1.90. The van der Waals surface area contributed by atoms with Crippen molar-refractivity contribution >= 4 is 0 Å². The van der Waals surface area contributed by atoms with E-state index in [-0.39, 0.29) is 0 Å². The van der Waals surface area contributed by atoms with Gasteiger partial charge in [-0.15, -0.1) is 0 Å². The third-order valence-corrected chi connectivity index (χ3v) is 1.56. The Morgan fingerprint density at radius 2 is 2.55 bits per heavy atom. The summed E-state index contributed by atoms with van der Waals surface area (Å²) in [7, 11) is 0. The lowest BCUT2D eigenvalue weighted by atomic mass is 10.2. The maximum absolute atomic E-state index is 3.95. The lowest BCUT2D eigenvalue weighted by Gasteiger charge is -2.00. The van der Waals surface area contributed by atoms with E-state index in [1.165, 1.54) is 5.57 Å². The summed E-state index contributed by atoms with van der Waals surface area (Å²) in [6.07, 6.45) is 9.42. The first-order chi connectivity index (χ1) is 5.36. The summed E-state index contributed by atoms with van der Waals surface area (Å²) in [5.74, 6) is 0. The van der Waals surface area contributed by atoms with Crippen LogP contribution >= 0.6 is 0 Å². The highest BCUT2D eigenvalue weighted by atomic mass is 15.0. The molecule has 1 heterocycles. The third kappa shape index (κ3) is 2.08. The standard InChI is InChI=1S/C9H12N2/c1-3-9(4-2)7-11-6-5-10-8-11/h3-6,8H,1,7H2,2H3/b9-4+. The molecular weight excluding hydrogens is 136 g/mol. The zero-order valence-electron chi connectivity index (χ0n) is 6.70. The number of rotatable bonds is 3. The van der Waals surface area contributed by atoms with Gasteiger partial charge in [-0.2, -0.15) is 0 Å². The van der Waals surface area contributed by atoms with Crippen molar-refractivity contribution in [3.8, 4) is 0 Å². The van der Waals surface area contributed by atoms with Crippen molar-refractivity contribution in [1.29, 1.82) is 0 Å². The normalized spacial score (nSPS) is 11.5. The summed E-state index contributed by atoms with van der Waals surface area (Å²) in [5.41, 5.74) is 1.21. The second-order valence-corrected chi connectivity index (χ2v) is 2.30. The third-order valence-electron chi connectivity index (χ3n) is 1.56. The van der Waals surface area contributed by atoms with Crippen molar-refractivity contribution in [3.05, 3.63) is 43.0 Å². The Kier molecular flexibility index (Phi) is 2.66. The molecule has 0 aliphatic carbocycles. The molecule has 0 saturated heterocycles. The summed E-state index contributed by atoms with van der Waals surface area (Å²) < 4.78 is 2.01. The minimum absolute atomic E-state index is 0.861. The molecule has 0 aromatic carbocycles. The Hall–Kier alpha value is -1.31. The number of allylic oxidation sites excluding steroid dienone is 3. The molecule has 0 fully saturated rings. The van der Waals surface area contributed by atoms with Gasteiger partial charge in [0.2, 0.25) is 0 Å². The van der Waals surface area contributed by atoms with Crippen LogP contribution in [0, 0.1) is 0 Å². The number of nitrogens with zero attached hydrogens (tertiary/aromatic N) is 2. The molecule has 1 aromatic rings. The molecule has 0 bridgehead atoms. The summed E-state index contributed by atoms with van der Waals surface area (Å²) in [6, 6.07) is 0. The largest absolute Gasteiger partial charge is 0.333 e. The molecule has 0 radical (unpaired) electrons. The predicted octanol–water partition coefficient (Wildman–Crippen LogP) is 2.02. The Bertz CT molecular complexity index is 245. The molecule has 0 N–H and O–H groups in total. The summed E-state index contributed by atoms with van der Waals surface area (Å²) in [6.45, 7) is 6.58. The van der Waals surface area contributed by atoms with Gasteiger partial charge in [0.1, 0.15) is 0 Å². The zero-order chi connectivity index (χ0) is 8.10. The first-order valence-electron chi connectivity index (χ1n) is 3.60. The molecule has 0 saturated carbocycles. The maximum Gasteiger partial charge on any atom is 0.0949 e. The van der Waals surface area contributed by atoms with Crippen molar-refractivity contribution in [2.24, 2.45) is 0 Å². The van der Waals surface area contributed by atoms with Crippen LogP contribution in [-0.4, -0.2) is 9.55 Å². The van der Waals surface area contributed by atoms with Crippen LogP contribution in [0.15, 0.2) is 43.0 Å². The molecule has 2 nitrogen and oxygen atoms in total. The van der Waals surface area contributed by atoms with Crippen molar-refractivity contribution in [2.45, 2.75) is 13.5 Å². The van der Waals surface area contributed by atoms with Crippen LogP contribution in [0.5, 0.6) is 0 Å². The molecule has 0 aliphatic rings. The van der Waals surface area contributed by atoms with E-state index in [9.17, 15) is 0 Å². The van der Waals surface area contributed by atoms with Crippen LogP contribution in [0.4, 0.5) is 0 Å². The highest BCUT2D eigenvalue weighted by Crippen LogP contribution is 1.99. The van der Waals surface area contributed by atoms with E-state index >= 15 is 0 Å². The molecule has 0 spiro atoms. The van der Waals surface area contributed by atoms with Crippen LogP contribution in [0.2, 0.25) is 0 Å². The molecule has 1 rings (SSSR count). The van der Waals surface area contributed by atoms with E-state index in [2.05, 4.69) is 11.6 Å². The minimum Gasteiger partial charge on any atom is -0.333 e. The number of aromatic nitrogens is 2. The molecule has 1 aromatic heterocycles. The van der Waals surface area contributed by atoms with Gasteiger partial charge in [0.05, 0.1) is 6.33 Å². The fraction of sp³-hybridized carbons (Fsp3) is 0.222. The highest BCUT2D eigenvalue weighted by molar-refractivity contribution is 5.14. The molecule has 0 atom stereocenters. The van der Waals surface area contributed by atoms with Crippen LogP contribution in [0.1, 0.15) is 6.92 Å². The summed E-state index contributed by atoms with van der Waals surface area (Å²) in [5, 5.41) is 0. The Labute approximate surface area is 66.9 Å². The fourth-order valence-corrected chi connectivity index (χ4v) is 0.865. The zero-order valence-corrected chi connectivity index (χ0v) is 6.70. The second kappa shape index (κ2) is 3.76. The topological polar surface area (TPSA) is 17.8 Å². The smallest absolute Gasteiger partial charge is 0.0949 e. The van der Waals surface area contributed by atoms with Gasteiger partial charge >= 0.3 is 0 Å². The van der Waals surface area contributed by atoms with Gasteiger partial charge in [-0.1, -0.05) is 18.7 Å². The molecular formula is C9H12N2. The average molecular weight is 148 g/mol. The Morgan fingerprint density at radius 3 is 3.00 bits per heavy atom. The van der Waals surface area contributed by atoms with Crippen molar-refractivity contribution in [1.82, 2.24) is 9.55 Å². The maximum atomic E-state index is 3.95. The quantitative estimate of drug-likeness (QED) is 0.599. The molecule has 2 heteroatoms. The van der Waals surface area contributed by atoms with E-state index in [4.69, 9.17) is 0 Å². The number of hydrogen-bond acceptors (Lipinski definition) is 1. The van der Waals surface area contributed by atoms with Crippen LogP contribution < -0.4 is 0 Å². The van der Waals surface area contributed by atoms with Gasteiger partial charge in [0.15, 0.2) is 0 Å². The van der Waals surface area contributed by atoms with Gasteiger partial charge in [0.25, 0.3) is 0 Å².